The third-order valence-electron chi connectivity index (χ3n) is 2.62. The van der Waals surface area contributed by atoms with Crippen LogP contribution in [0.1, 0.15) is 16.1 Å². The maximum Gasteiger partial charge on any atom is 0.251 e. The highest BCUT2D eigenvalue weighted by atomic mass is 16.1. The van der Waals surface area contributed by atoms with Gasteiger partial charge in [0.05, 0.1) is 5.69 Å². The molecule has 1 heterocycles. The van der Waals surface area contributed by atoms with Crippen LogP contribution in [0.5, 0.6) is 0 Å². The first-order valence-corrected chi connectivity index (χ1v) is 5.72. The average Bonchev–Trinajstić information content (AvgIpc) is 2.82. The number of aromatic amines is 1. The highest BCUT2D eigenvalue weighted by molar-refractivity contribution is 5.95. The molecule has 93 valence electrons. The van der Waals surface area contributed by atoms with Crippen LogP contribution in [0.25, 0.3) is 11.1 Å². The molecule has 2 rings (SSSR count). The highest BCUT2D eigenvalue weighted by Crippen LogP contribution is 2.21. The Morgan fingerprint density at radius 2 is 2.39 bits per heavy atom. The monoisotopic (exact) mass is 243 g/mol. The molecule has 0 aliphatic carbocycles. The lowest BCUT2D eigenvalue weighted by Crippen LogP contribution is -2.28. The average molecular weight is 243 g/mol. The Morgan fingerprint density at radius 1 is 1.56 bits per heavy atom. The third kappa shape index (κ3) is 2.57. The Kier molecular flexibility index (Phi) is 3.74. The summed E-state index contributed by atoms with van der Waals surface area (Å²) in [5, 5.41) is 9.59. The Hall–Kier alpha value is -2.14. The van der Waals surface area contributed by atoms with Crippen molar-refractivity contribution in [2.45, 2.75) is 6.92 Å². The lowest BCUT2D eigenvalue weighted by atomic mass is 10.0. The largest absolute Gasteiger partial charge is 0.351 e. The summed E-state index contributed by atoms with van der Waals surface area (Å²) in [5.41, 5.74) is 8.70. The van der Waals surface area contributed by atoms with Gasteiger partial charge in [-0.2, -0.15) is 5.10 Å². The molecule has 0 saturated heterocycles. The van der Waals surface area contributed by atoms with E-state index in [-0.39, 0.29) is 5.91 Å². The molecule has 2 aromatic rings. The van der Waals surface area contributed by atoms with Crippen molar-refractivity contribution in [1.82, 2.24) is 15.5 Å². The van der Waals surface area contributed by atoms with Crippen molar-refractivity contribution in [2.24, 2.45) is 5.73 Å². The van der Waals surface area contributed by atoms with Gasteiger partial charge in [0.2, 0.25) is 0 Å². The number of hydrogen-bond donors (Lipinski definition) is 3. The molecule has 0 bridgehead atoms. The van der Waals surface area contributed by atoms with Gasteiger partial charge in [0.15, 0.2) is 0 Å². The fraction of sp³-hybridized carbons (Fsp3) is 0.231. The number of aryl methyl sites for hydroxylation is 1. The Balaban J connectivity index is 2.25. The highest BCUT2D eigenvalue weighted by Gasteiger charge is 2.08. The summed E-state index contributed by atoms with van der Waals surface area (Å²) in [5.74, 6) is -0.139. The summed E-state index contributed by atoms with van der Waals surface area (Å²) in [7, 11) is 0. The van der Waals surface area contributed by atoms with Gasteiger partial charge in [0.25, 0.3) is 5.91 Å². The normalized spacial score (nSPS) is 10.3. The van der Waals surface area contributed by atoms with Gasteiger partial charge in [-0.05, 0) is 36.8 Å². The molecule has 0 unspecified atom stereocenters. The fourth-order valence-corrected chi connectivity index (χ4v) is 1.70. The van der Waals surface area contributed by atoms with Gasteiger partial charge in [-0.15, -0.1) is 0 Å². The SMILES string of the molecule is Cc1n[nH]cc1-c1c[c]cc(C(=O)NCCN)c1. The van der Waals surface area contributed by atoms with Gasteiger partial charge < -0.3 is 11.1 Å². The minimum Gasteiger partial charge on any atom is -0.351 e. The quantitative estimate of drug-likeness (QED) is 0.745. The topological polar surface area (TPSA) is 83.8 Å². The van der Waals surface area contributed by atoms with Crippen LogP contribution in [0.2, 0.25) is 0 Å². The van der Waals surface area contributed by atoms with Gasteiger partial charge in [0.1, 0.15) is 0 Å². The third-order valence-corrected chi connectivity index (χ3v) is 2.62. The number of nitrogens with one attached hydrogen (secondary N) is 2. The van der Waals surface area contributed by atoms with E-state index in [1.165, 1.54) is 0 Å². The second-order valence-electron chi connectivity index (χ2n) is 3.94. The molecule has 1 aromatic heterocycles. The minimum atomic E-state index is -0.139. The first-order valence-electron chi connectivity index (χ1n) is 5.72. The molecule has 18 heavy (non-hydrogen) atoms. The van der Waals surface area contributed by atoms with E-state index in [1.807, 2.05) is 19.1 Å². The second kappa shape index (κ2) is 5.46. The number of hydrogen-bond acceptors (Lipinski definition) is 3. The first-order chi connectivity index (χ1) is 8.72. The number of carbonyl (C=O) groups is 1. The van der Waals surface area contributed by atoms with E-state index in [9.17, 15) is 4.79 Å². The number of aromatic nitrogens is 2. The van der Waals surface area contributed by atoms with Crippen LogP contribution in [0, 0.1) is 13.0 Å². The molecule has 4 N–H and O–H groups in total. The number of benzene rings is 1. The summed E-state index contributed by atoms with van der Waals surface area (Å²) >= 11 is 0. The van der Waals surface area contributed by atoms with E-state index in [0.29, 0.717) is 18.7 Å². The van der Waals surface area contributed by atoms with Gasteiger partial charge in [-0.25, -0.2) is 0 Å². The van der Waals surface area contributed by atoms with Gasteiger partial charge in [0, 0.05) is 30.4 Å². The smallest absolute Gasteiger partial charge is 0.251 e. The standard InChI is InChI=1S/C13H15N4O/c1-9-12(8-16-17-9)10-3-2-4-11(7-10)13(18)15-6-5-14/h3-4,7-8H,5-6,14H2,1H3,(H,15,18)(H,16,17). The number of rotatable bonds is 4. The zero-order chi connectivity index (χ0) is 13.0. The zero-order valence-corrected chi connectivity index (χ0v) is 10.2. The molecule has 0 aliphatic heterocycles. The van der Waals surface area contributed by atoms with Crippen LogP contribution in [0.4, 0.5) is 0 Å². The van der Waals surface area contributed by atoms with Crippen molar-refractivity contribution in [3.63, 3.8) is 0 Å². The molecule has 0 saturated carbocycles. The van der Waals surface area contributed by atoms with Crippen LogP contribution < -0.4 is 11.1 Å². The Morgan fingerprint density at radius 3 is 3.06 bits per heavy atom. The van der Waals surface area contributed by atoms with Crippen molar-refractivity contribution in [2.75, 3.05) is 13.1 Å². The molecule has 5 heteroatoms. The van der Waals surface area contributed by atoms with E-state index in [4.69, 9.17) is 5.73 Å². The number of nitrogens with two attached hydrogens (primary N) is 1. The molecule has 1 aromatic carbocycles. The van der Waals surface area contributed by atoms with E-state index < -0.39 is 0 Å². The van der Waals surface area contributed by atoms with Gasteiger partial charge in [-0.3, -0.25) is 9.89 Å². The molecule has 0 fully saturated rings. The van der Waals surface area contributed by atoms with Crippen LogP contribution in [0.15, 0.2) is 24.4 Å². The summed E-state index contributed by atoms with van der Waals surface area (Å²) in [6.45, 7) is 2.80. The van der Waals surface area contributed by atoms with E-state index >= 15 is 0 Å². The summed E-state index contributed by atoms with van der Waals surface area (Å²) < 4.78 is 0. The van der Waals surface area contributed by atoms with Gasteiger partial charge in [-0.1, -0.05) is 0 Å². The van der Waals surface area contributed by atoms with Crippen LogP contribution in [-0.4, -0.2) is 29.2 Å². The van der Waals surface area contributed by atoms with Crippen LogP contribution in [0.3, 0.4) is 0 Å². The van der Waals surface area contributed by atoms with Crippen LogP contribution >= 0.6 is 0 Å². The molecule has 1 amide bonds. The Bertz CT molecular complexity index is 547. The van der Waals surface area contributed by atoms with Crippen molar-refractivity contribution >= 4 is 5.91 Å². The summed E-state index contributed by atoms with van der Waals surface area (Å²) in [6.07, 6.45) is 1.81. The maximum atomic E-state index is 11.8. The van der Waals surface area contributed by atoms with Crippen LogP contribution in [-0.2, 0) is 0 Å². The number of amides is 1. The fourth-order valence-electron chi connectivity index (χ4n) is 1.70. The molecule has 1 radical (unpaired) electrons. The van der Waals surface area contributed by atoms with Crippen molar-refractivity contribution in [3.8, 4) is 11.1 Å². The number of carbonyl (C=O) groups excluding carboxylic acids is 1. The molecule has 0 spiro atoms. The number of nitrogens with zero attached hydrogens (tertiary/aromatic N) is 1. The van der Waals surface area contributed by atoms with Gasteiger partial charge >= 0.3 is 0 Å². The minimum absolute atomic E-state index is 0.139. The van der Waals surface area contributed by atoms with E-state index in [0.717, 1.165) is 16.8 Å². The van der Waals surface area contributed by atoms with Crippen molar-refractivity contribution in [1.29, 1.82) is 0 Å². The number of H-pyrrole nitrogens is 1. The Labute approximate surface area is 105 Å². The molecule has 0 atom stereocenters. The molecule has 5 nitrogen and oxygen atoms in total. The zero-order valence-electron chi connectivity index (χ0n) is 10.2. The molecule has 0 aliphatic rings. The lowest BCUT2D eigenvalue weighted by molar-refractivity contribution is 0.0955. The summed E-state index contributed by atoms with van der Waals surface area (Å²) in [4.78, 5) is 11.8. The molecular formula is C13H15N4O. The first kappa shape index (κ1) is 12.3. The van der Waals surface area contributed by atoms with Crippen molar-refractivity contribution < 1.29 is 4.79 Å². The van der Waals surface area contributed by atoms with Crippen molar-refractivity contribution in [3.05, 3.63) is 41.7 Å². The molecular weight excluding hydrogens is 228 g/mol. The predicted molar refractivity (Wildman–Crippen MR) is 69.0 cm³/mol. The second-order valence-corrected chi connectivity index (χ2v) is 3.94. The maximum absolute atomic E-state index is 11.8. The predicted octanol–water partition coefficient (Wildman–Crippen LogP) is 0.874. The van der Waals surface area contributed by atoms with E-state index in [1.54, 1.807) is 12.3 Å². The lowest BCUT2D eigenvalue weighted by Gasteiger charge is -2.05. The summed E-state index contributed by atoms with van der Waals surface area (Å²) in [6, 6.07) is 8.28. The van der Waals surface area contributed by atoms with E-state index in [2.05, 4.69) is 21.6 Å².